The van der Waals surface area contributed by atoms with Gasteiger partial charge in [0, 0.05) is 12.1 Å². The van der Waals surface area contributed by atoms with Gasteiger partial charge in [0.05, 0.1) is 11.0 Å². The molecule has 2 rings (SSSR count). The molecule has 1 aromatic carbocycles. The molecule has 0 unspecified atom stereocenters. The van der Waals surface area contributed by atoms with Crippen LogP contribution in [0, 0.1) is 10.1 Å². The number of carbonyl (C=O) groups is 1. The van der Waals surface area contributed by atoms with E-state index in [1.54, 1.807) is 20.8 Å². The molecular formula is C18H24F3N3O5. The summed E-state index contributed by atoms with van der Waals surface area (Å²) < 4.78 is 45.9. The Morgan fingerprint density at radius 1 is 1.14 bits per heavy atom. The standard InChI is InChI=1S/C18H24F3N3O5/c1-17(2,3)29-16(25)23-12-6-4-11(5-7-12)22-14-9-8-13(28-18(19,20)21)10-15(14)24(26)27/h8-12,22H,4-7H2,1-3H3,(H,23,25). The average molecular weight is 419 g/mol. The van der Waals surface area contributed by atoms with Gasteiger partial charge in [-0.3, -0.25) is 10.1 Å². The Bertz CT molecular complexity index is 741. The van der Waals surface area contributed by atoms with Crippen LogP contribution in [-0.4, -0.2) is 35.1 Å². The van der Waals surface area contributed by atoms with Crippen LogP contribution >= 0.6 is 0 Å². The summed E-state index contributed by atoms with van der Waals surface area (Å²) in [5.41, 5.74) is -0.974. The van der Waals surface area contributed by atoms with E-state index in [2.05, 4.69) is 15.4 Å². The molecule has 1 aromatic rings. The zero-order valence-corrected chi connectivity index (χ0v) is 16.3. The minimum atomic E-state index is -4.93. The smallest absolute Gasteiger partial charge is 0.444 e. The maximum atomic E-state index is 12.3. The molecule has 0 radical (unpaired) electrons. The summed E-state index contributed by atoms with van der Waals surface area (Å²) in [5.74, 6) is -0.653. The molecule has 1 fully saturated rings. The number of alkyl carbamates (subject to hydrolysis) is 1. The van der Waals surface area contributed by atoms with Crippen molar-refractivity contribution < 1.29 is 32.4 Å². The van der Waals surface area contributed by atoms with E-state index >= 15 is 0 Å². The lowest BCUT2D eigenvalue weighted by atomic mass is 9.91. The third-order valence-corrected chi connectivity index (χ3v) is 4.21. The number of nitrogens with one attached hydrogen (secondary N) is 2. The van der Waals surface area contributed by atoms with Crippen LogP contribution in [0.3, 0.4) is 0 Å². The molecule has 29 heavy (non-hydrogen) atoms. The largest absolute Gasteiger partial charge is 0.573 e. The van der Waals surface area contributed by atoms with E-state index in [-0.39, 0.29) is 17.8 Å². The highest BCUT2D eigenvalue weighted by Gasteiger charge is 2.32. The Hall–Kier alpha value is -2.72. The van der Waals surface area contributed by atoms with Gasteiger partial charge in [-0.25, -0.2) is 4.79 Å². The van der Waals surface area contributed by atoms with Gasteiger partial charge < -0.3 is 20.1 Å². The predicted octanol–water partition coefficient (Wildman–Crippen LogP) is 4.74. The molecule has 8 nitrogen and oxygen atoms in total. The first-order valence-corrected chi connectivity index (χ1v) is 9.12. The zero-order valence-electron chi connectivity index (χ0n) is 16.3. The van der Waals surface area contributed by atoms with Crippen LogP contribution in [0.4, 0.5) is 29.3 Å². The molecule has 1 aliphatic rings. The fourth-order valence-corrected chi connectivity index (χ4v) is 3.06. The fourth-order valence-electron chi connectivity index (χ4n) is 3.06. The molecule has 1 amide bonds. The van der Waals surface area contributed by atoms with Crippen LogP contribution in [0.25, 0.3) is 0 Å². The maximum Gasteiger partial charge on any atom is 0.573 e. The normalized spacial score (nSPS) is 19.9. The Kier molecular flexibility index (Phi) is 6.81. The first-order valence-electron chi connectivity index (χ1n) is 9.12. The molecule has 2 N–H and O–H groups in total. The molecule has 1 aliphatic carbocycles. The third-order valence-electron chi connectivity index (χ3n) is 4.21. The summed E-state index contributed by atoms with van der Waals surface area (Å²) >= 11 is 0. The van der Waals surface area contributed by atoms with Crippen LogP contribution in [0.15, 0.2) is 18.2 Å². The van der Waals surface area contributed by atoms with Crippen molar-refractivity contribution in [3.8, 4) is 5.75 Å². The highest BCUT2D eigenvalue weighted by molar-refractivity contribution is 5.68. The van der Waals surface area contributed by atoms with Gasteiger partial charge in [0.1, 0.15) is 17.0 Å². The second-order valence-electron chi connectivity index (χ2n) is 7.82. The van der Waals surface area contributed by atoms with Gasteiger partial charge in [0.15, 0.2) is 0 Å². The summed E-state index contributed by atoms with van der Waals surface area (Å²) in [6.07, 6.45) is -2.90. The SMILES string of the molecule is CC(C)(C)OC(=O)NC1CCC(Nc2ccc(OC(F)(F)F)cc2[N+](=O)[O-])CC1. The number of ether oxygens (including phenoxy) is 2. The van der Waals surface area contributed by atoms with E-state index in [1.807, 2.05) is 0 Å². The Morgan fingerprint density at radius 3 is 2.24 bits per heavy atom. The van der Waals surface area contributed by atoms with Gasteiger partial charge in [-0.1, -0.05) is 0 Å². The molecule has 11 heteroatoms. The van der Waals surface area contributed by atoms with E-state index < -0.39 is 34.4 Å². The van der Waals surface area contributed by atoms with Crippen molar-refractivity contribution in [3.05, 3.63) is 28.3 Å². The number of halogens is 3. The van der Waals surface area contributed by atoms with E-state index in [1.165, 1.54) is 6.07 Å². The molecule has 0 bridgehead atoms. The summed E-state index contributed by atoms with van der Waals surface area (Å²) in [6.45, 7) is 5.31. The summed E-state index contributed by atoms with van der Waals surface area (Å²) in [5, 5.41) is 17.0. The number of hydrogen-bond donors (Lipinski definition) is 2. The number of rotatable bonds is 5. The van der Waals surface area contributed by atoms with Crippen LogP contribution in [-0.2, 0) is 4.74 Å². The van der Waals surface area contributed by atoms with Crippen molar-refractivity contribution in [2.24, 2.45) is 0 Å². The first kappa shape index (κ1) is 22.6. The Morgan fingerprint density at radius 2 is 1.72 bits per heavy atom. The van der Waals surface area contributed by atoms with Crippen LogP contribution in [0.5, 0.6) is 5.75 Å². The minimum absolute atomic E-state index is 0.0690. The van der Waals surface area contributed by atoms with E-state index in [4.69, 9.17) is 4.74 Å². The minimum Gasteiger partial charge on any atom is -0.444 e. The van der Waals surface area contributed by atoms with Crippen molar-refractivity contribution in [1.29, 1.82) is 0 Å². The van der Waals surface area contributed by atoms with Crippen molar-refractivity contribution in [2.75, 3.05) is 5.32 Å². The second kappa shape index (κ2) is 8.75. The first-order chi connectivity index (χ1) is 13.3. The number of carbonyl (C=O) groups excluding carboxylic acids is 1. The van der Waals surface area contributed by atoms with E-state index in [9.17, 15) is 28.1 Å². The molecule has 0 atom stereocenters. The lowest BCUT2D eigenvalue weighted by molar-refractivity contribution is -0.384. The lowest BCUT2D eigenvalue weighted by Crippen LogP contribution is -2.42. The van der Waals surface area contributed by atoms with Crippen molar-refractivity contribution in [3.63, 3.8) is 0 Å². The number of nitro groups is 1. The van der Waals surface area contributed by atoms with Crippen LogP contribution < -0.4 is 15.4 Å². The zero-order chi connectivity index (χ0) is 21.8. The summed E-state index contributed by atoms with van der Waals surface area (Å²) in [7, 11) is 0. The Labute approximate surface area is 165 Å². The molecule has 1 saturated carbocycles. The van der Waals surface area contributed by atoms with Gasteiger partial charge in [0.25, 0.3) is 5.69 Å². The predicted molar refractivity (Wildman–Crippen MR) is 98.8 cm³/mol. The monoisotopic (exact) mass is 419 g/mol. The fraction of sp³-hybridized carbons (Fsp3) is 0.611. The molecule has 0 aromatic heterocycles. The number of nitrogens with zero attached hydrogens (tertiary/aromatic N) is 1. The van der Waals surface area contributed by atoms with Crippen molar-refractivity contribution in [1.82, 2.24) is 5.32 Å². The van der Waals surface area contributed by atoms with Crippen molar-refractivity contribution in [2.45, 2.75) is 70.5 Å². The number of alkyl halides is 3. The van der Waals surface area contributed by atoms with Gasteiger partial charge in [-0.05, 0) is 58.6 Å². The highest BCUT2D eigenvalue weighted by atomic mass is 19.4. The highest BCUT2D eigenvalue weighted by Crippen LogP contribution is 2.33. The molecule has 0 heterocycles. The second-order valence-corrected chi connectivity index (χ2v) is 7.82. The van der Waals surface area contributed by atoms with Gasteiger partial charge >= 0.3 is 12.5 Å². The maximum absolute atomic E-state index is 12.3. The summed E-state index contributed by atoms with van der Waals surface area (Å²) in [6, 6.07) is 2.79. The molecule has 0 aliphatic heterocycles. The molecule has 0 saturated heterocycles. The van der Waals surface area contributed by atoms with Crippen LogP contribution in [0.2, 0.25) is 0 Å². The molecule has 162 valence electrons. The van der Waals surface area contributed by atoms with Crippen LogP contribution in [0.1, 0.15) is 46.5 Å². The third kappa shape index (κ3) is 7.66. The topological polar surface area (TPSA) is 103 Å². The number of amides is 1. The number of hydrogen-bond acceptors (Lipinski definition) is 6. The van der Waals surface area contributed by atoms with Crippen molar-refractivity contribution >= 4 is 17.5 Å². The van der Waals surface area contributed by atoms with Gasteiger partial charge in [0.2, 0.25) is 0 Å². The molecular weight excluding hydrogens is 395 g/mol. The van der Waals surface area contributed by atoms with E-state index in [0.717, 1.165) is 12.1 Å². The van der Waals surface area contributed by atoms with Gasteiger partial charge in [-0.2, -0.15) is 0 Å². The summed E-state index contributed by atoms with van der Waals surface area (Å²) in [4.78, 5) is 22.3. The number of nitro benzene ring substituents is 1. The number of anilines is 1. The average Bonchev–Trinajstić information content (AvgIpc) is 2.54. The Balaban J connectivity index is 1.94. The number of benzene rings is 1. The lowest BCUT2D eigenvalue weighted by Gasteiger charge is -2.31. The quantitative estimate of drug-likeness (QED) is 0.528. The van der Waals surface area contributed by atoms with E-state index in [0.29, 0.717) is 25.7 Å². The molecule has 0 spiro atoms. The van der Waals surface area contributed by atoms with Gasteiger partial charge in [-0.15, -0.1) is 13.2 Å².